The number of rotatable bonds is 3. The van der Waals surface area contributed by atoms with Gasteiger partial charge in [0.15, 0.2) is 0 Å². The molecule has 0 amide bonds. The van der Waals surface area contributed by atoms with Crippen molar-refractivity contribution in [1.82, 2.24) is 0 Å². The Hall–Kier alpha value is -2.66. The molecule has 2 aromatic rings. The predicted molar refractivity (Wildman–Crippen MR) is 105 cm³/mol. The maximum Gasteiger partial charge on any atom is 0.340 e. The molecule has 0 saturated carbocycles. The van der Waals surface area contributed by atoms with Gasteiger partial charge in [0.2, 0.25) is 5.88 Å². The predicted octanol–water partition coefficient (Wildman–Crippen LogP) is 3.96. The average molecular weight is 385 g/mol. The number of halogens is 1. The molecule has 0 radical (unpaired) electrons. The van der Waals surface area contributed by atoms with E-state index in [0.717, 1.165) is 47.5 Å². The lowest BCUT2D eigenvalue weighted by molar-refractivity contribution is -0.139. The summed E-state index contributed by atoms with van der Waals surface area (Å²) in [5.74, 6) is -0.0414. The molecule has 6 heteroatoms. The van der Waals surface area contributed by atoms with Gasteiger partial charge >= 0.3 is 5.97 Å². The lowest BCUT2D eigenvalue weighted by atomic mass is 9.81. The molecule has 0 spiro atoms. The number of carbonyl (C=O) groups is 1. The van der Waals surface area contributed by atoms with Crippen molar-refractivity contribution in [3.05, 3.63) is 69.6 Å². The number of nitrogens with two attached hydrogens (primary N) is 1. The SMILES string of the molecule is CCOC(=O)C1=C(N)Oc2c(ccc3c2CCCN3)C1c1cccc(Cl)c1. The Labute approximate surface area is 163 Å². The highest BCUT2D eigenvalue weighted by Crippen LogP contribution is 2.47. The third-order valence-electron chi connectivity index (χ3n) is 4.96. The number of hydrogen-bond donors (Lipinski definition) is 2. The van der Waals surface area contributed by atoms with Crippen LogP contribution in [0.3, 0.4) is 0 Å². The Kier molecular flexibility index (Phi) is 4.70. The molecule has 2 heterocycles. The minimum Gasteiger partial charge on any atom is -0.462 e. The molecule has 0 fully saturated rings. The Morgan fingerprint density at radius 1 is 1.37 bits per heavy atom. The van der Waals surface area contributed by atoms with Gasteiger partial charge in [0, 0.05) is 28.4 Å². The second kappa shape index (κ2) is 7.16. The van der Waals surface area contributed by atoms with Gasteiger partial charge in [-0.1, -0.05) is 29.8 Å². The van der Waals surface area contributed by atoms with Crippen LogP contribution in [-0.4, -0.2) is 19.1 Å². The molecular weight excluding hydrogens is 364 g/mol. The molecule has 2 aromatic carbocycles. The summed E-state index contributed by atoms with van der Waals surface area (Å²) < 4.78 is 11.2. The van der Waals surface area contributed by atoms with Crippen molar-refractivity contribution in [2.24, 2.45) is 5.73 Å². The Morgan fingerprint density at radius 2 is 2.22 bits per heavy atom. The van der Waals surface area contributed by atoms with E-state index >= 15 is 0 Å². The summed E-state index contributed by atoms with van der Waals surface area (Å²) in [6.07, 6.45) is 1.92. The largest absolute Gasteiger partial charge is 0.462 e. The Morgan fingerprint density at radius 3 is 3.00 bits per heavy atom. The van der Waals surface area contributed by atoms with Crippen molar-refractivity contribution in [3.8, 4) is 5.75 Å². The quantitative estimate of drug-likeness (QED) is 0.783. The maximum atomic E-state index is 12.7. The third kappa shape index (κ3) is 3.12. The zero-order valence-electron chi connectivity index (χ0n) is 15.0. The zero-order valence-corrected chi connectivity index (χ0v) is 15.8. The highest BCUT2D eigenvalue weighted by atomic mass is 35.5. The second-order valence-corrected chi connectivity index (χ2v) is 7.07. The number of carbonyl (C=O) groups excluding carboxylic acids is 1. The Bertz CT molecular complexity index is 939. The molecule has 0 saturated heterocycles. The van der Waals surface area contributed by atoms with Crippen molar-refractivity contribution in [2.45, 2.75) is 25.7 Å². The van der Waals surface area contributed by atoms with Crippen LogP contribution < -0.4 is 15.8 Å². The van der Waals surface area contributed by atoms with Gasteiger partial charge in [-0.25, -0.2) is 4.79 Å². The second-order valence-electron chi connectivity index (χ2n) is 6.63. The maximum absolute atomic E-state index is 12.7. The summed E-state index contributed by atoms with van der Waals surface area (Å²) in [7, 11) is 0. The van der Waals surface area contributed by atoms with E-state index in [0.29, 0.717) is 10.6 Å². The third-order valence-corrected chi connectivity index (χ3v) is 5.20. The summed E-state index contributed by atoms with van der Waals surface area (Å²) in [6.45, 7) is 2.96. The summed E-state index contributed by atoms with van der Waals surface area (Å²) >= 11 is 6.23. The van der Waals surface area contributed by atoms with E-state index in [1.807, 2.05) is 30.3 Å². The molecule has 0 aromatic heterocycles. The number of fused-ring (bicyclic) bond motifs is 3. The lowest BCUT2D eigenvalue weighted by Crippen LogP contribution is -2.28. The normalized spacial score (nSPS) is 18.1. The molecule has 2 aliphatic rings. The molecule has 140 valence electrons. The van der Waals surface area contributed by atoms with E-state index in [2.05, 4.69) is 5.32 Å². The zero-order chi connectivity index (χ0) is 19.0. The van der Waals surface area contributed by atoms with Crippen LogP contribution in [0.25, 0.3) is 0 Å². The standard InChI is InChI=1S/C21H21ClN2O3/c1-2-26-21(25)18-17(12-5-3-6-13(22)11-12)15-8-9-16-14(7-4-10-24-16)19(15)27-20(18)23/h3,5-6,8-9,11,17,24H,2,4,7,10,23H2,1H3. The molecule has 3 N–H and O–H groups in total. The molecule has 0 bridgehead atoms. The van der Waals surface area contributed by atoms with Gasteiger partial charge in [0.1, 0.15) is 11.3 Å². The molecule has 27 heavy (non-hydrogen) atoms. The number of benzene rings is 2. The smallest absolute Gasteiger partial charge is 0.340 e. The van der Waals surface area contributed by atoms with E-state index < -0.39 is 11.9 Å². The van der Waals surface area contributed by atoms with E-state index in [-0.39, 0.29) is 12.5 Å². The van der Waals surface area contributed by atoms with Crippen molar-refractivity contribution >= 4 is 23.3 Å². The average Bonchev–Trinajstić information content (AvgIpc) is 2.67. The molecular formula is C21H21ClN2O3. The summed E-state index contributed by atoms with van der Waals surface area (Å²) in [6, 6.07) is 11.5. The highest BCUT2D eigenvalue weighted by molar-refractivity contribution is 6.30. The Balaban J connectivity index is 1.92. The van der Waals surface area contributed by atoms with Crippen molar-refractivity contribution < 1.29 is 14.3 Å². The minimum absolute atomic E-state index is 0.0879. The molecule has 1 atom stereocenters. The van der Waals surface area contributed by atoms with Crippen molar-refractivity contribution in [1.29, 1.82) is 0 Å². The molecule has 1 unspecified atom stereocenters. The van der Waals surface area contributed by atoms with E-state index in [1.54, 1.807) is 13.0 Å². The summed E-state index contributed by atoms with van der Waals surface area (Å²) in [5.41, 5.74) is 10.5. The van der Waals surface area contributed by atoms with Gasteiger partial charge in [-0.05, 0) is 43.5 Å². The van der Waals surface area contributed by atoms with E-state index in [1.165, 1.54) is 0 Å². The number of hydrogen-bond acceptors (Lipinski definition) is 5. The highest BCUT2D eigenvalue weighted by Gasteiger charge is 2.37. The van der Waals surface area contributed by atoms with Gasteiger partial charge in [-0.3, -0.25) is 0 Å². The fourth-order valence-corrected chi connectivity index (χ4v) is 4.02. The minimum atomic E-state index is -0.471. The number of nitrogens with one attached hydrogen (secondary N) is 1. The van der Waals surface area contributed by atoms with Gasteiger partial charge in [0.25, 0.3) is 0 Å². The number of esters is 1. The number of ether oxygens (including phenoxy) is 2. The molecule has 0 aliphatic carbocycles. The van der Waals surface area contributed by atoms with Gasteiger partial charge in [-0.15, -0.1) is 0 Å². The number of anilines is 1. The topological polar surface area (TPSA) is 73.6 Å². The monoisotopic (exact) mass is 384 g/mol. The van der Waals surface area contributed by atoms with Gasteiger partial charge in [0.05, 0.1) is 12.5 Å². The fourth-order valence-electron chi connectivity index (χ4n) is 3.82. The van der Waals surface area contributed by atoms with Crippen LogP contribution in [0.2, 0.25) is 5.02 Å². The summed E-state index contributed by atoms with van der Waals surface area (Å²) in [5, 5.41) is 3.99. The van der Waals surface area contributed by atoms with Crippen LogP contribution >= 0.6 is 11.6 Å². The summed E-state index contributed by atoms with van der Waals surface area (Å²) in [4.78, 5) is 12.7. The first-order valence-electron chi connectivity index (χ1n) is 9.10. The van der Waals surface area contributed by atoms with Crippen LogP contribution in [0.1, 0.15) is 36.0 Å². The van der Waals surface area contributed by atoms with E-state index in [9.17, 15) is 4.79 Å². The molecule has 4 rings (SSSR count). The first kappa shape index (κ1) is 17.7. The molecule has 2 aliphatic heterocycles. The molecule has 5 nitrogen and oxygen atoms in total. The van der Waals surface area contributed by atoms with E-state index in [4.69, 9.17) is 26.8 Å². The van der Waals surface area contributed by atoms with Crippen LogP contribution in [0.15, 0.2) is 47.9 Å². The van der Waals surface area contributed by atoms with Crippen molar-refractivity contribution in [2.75, 3.05) is 18.5 Å². The van der Waals surface area contributed by atoms with Crippen LogP contribution in [0.4, 0.5) is 5.69 Å². The van der Waals surface area contributed by atoms with Gasteiger partial charge < -0.3 is 20.5 Å². The first-order chi connectivity index (χ1) is 13.1. The van der Waals surface area contributed by atoms with Crippen molar-refractivity contribution in [3.63, 3.8) is 0 Å². The van der Waals surface area contributed by atoms with Gasteiger partial charge in [-0.2, -0.15) is 0 Å². The first-order valence-corrected chi connectivity index (χ1v) is 9.47. The lowest BCUT2D eigenvalue weighted by Gasteiger charge is -2.32. The van der Waals surface area contributed by atoms with Crippen LogP contribution in [0, 0.1) is 0 Å². The van der Waals surface area contributed by atoms with Crippen LogP contribution in [-0.2, 0) is 16.0 Å². The fraction of sp³-hybridized carbons (Fsp3) is 0.286. The van der Waals surface area contributed by atoms with Crippen LogP contribution in [0.5, 0.6) is 5.75 Å².